The third-order valence-corrected chi connectivity index (χ3v) is 7.74. The van der Waals surface area contributed by atoms with E-state index in [-0.39, 0.29) is 5.91 Å². The van der Waals surface area contributed by atoms with Crippen molar-refractivity contribution in [1.29, 1.82) is 0 Å². The molecule has 1 saturated heterocycles. The van der Waals surface area contributed by atoms with Gasteiger partial charge in [-0.1, -0.05) is 12.1 Å². The Bertz CT molecular complexity index is 1060. The zero-order valence-corrected chi connectivity index (χ0v) is 19.7. The number of rotatable bonds is 7. The van der Waals surface area contributed by atoms with Crippen molar-refractivity contribution in [2.45, 2.75) is 39.0 Å². The van der Waals surface area contributed by atoms with E-state index in [1.54, 1.807) is 12.1 Å². The van der Waals surface area contributed by atoms with Gasteiger partial charge in [0.05, 0.1) is 18.6 Å². The van der Waals surface area contributed by atoms with E-state index in [1.807, 2.05) is 30.0 Å². The number of ether oxygens (including phenoxy) is 1. The molecule has 0 radical (unpaired) electrons. The number of anilines is 1. The number of carbonyl (C=O) groups is 1. The van der Waals surface area contributed by atoms with Crippen LogP contribution in [0.15, 0.2) is 42.5 Å². The van der Waals surface area contributed by atoms with E-state index >= 15 is 0 Å². The molecular formula is C25H32N2O4S. The van der Waals surface area contributed by atoms with Gasteiger partial charge >= 0.3 is 0 Å². The minimum Gasteiger partial charge on any atom is -0.494 e. The molecule has 2 aliphatic rings. The Morgan fingerprint density at radius 1 is 1.06 bits per heavy atom. The van der Waals surface area contributed by atoms with Crippen LogP contribution >= 0.6 is 0 Å². The van der Waals surface area contributed by atoms with Gasteiger partial charge in [0.15, 0.2) is 0 Å². The van der Waals surface area contributed by atoms with Crippen molar-refractivity contribution in [3.63, 3.8) is 0 Å². The zero-order chi connectivity index (χ0) is 22.7. The molecule has 32 heavy (non-hydrogen) atoms. The molecule has 4 rings (SSSR count). The minimum atomic E-state index is -3.27. The lowest BCUT2D eigenvalue weighted by Crippen LogP contribution is -2.38. The van der Waals surface area contributed by atoms with Crippen LogP contribution < -0.4 is 9.04 Å². The van der Waals surface area contributed by atoms with Crippen molar-refractivity contribution in [1.82, 2.24) is 4.90 Å². The van der Waals surface area contributed by atoms with E-state index in [2.05, 4.69) is 12.1 Å². The first-order valence-corrected chi connectivity index (χ1v) is 13.3. The largest absolute Gasteiger partial charge is 0.494 e. The van der Waals surface area contributed by atoms with Gasteiger partial charge in [-0.15, -0.1) is 0 Å². The number of carbonyl (C=O) groups excluding carboxylic acids is 1. The highest BCUT2D eigenvalue weighted by Crippen LogP contribution is 2.31. The van der Waals surface area contributed by atoms with Gasteiger partial charge in [-0.25, -0.2) is 8.42 Å². The predicted molar refractivity (Wildman–Crippen MR) is 127 cm³/mol. The molecule has 1 fully saturated rings. The van der Waals surface area contributed by atoms with Gasteiger partial charge in [0, 0.05) is 25.2 Å². The maximum atomic E-state index is 13.0. The van der Waals surface area contributed by atoms with E-state index in [9.17, 15) is 13.2 Å². The number of likely N-dealkylation sites (tertiary alicyclic amines) is 1. The number of sulfonamides is 1. The Labute approximate surface area is 191 Å². The Hall–Kier alpha value is -2.54. The van der Waals surface area contributed by atoms with Crippen molar-refractivity contribution in [3.8, 4) is 5.75 Å². The molecule has 0 aromatic heterocycles. The van der Waals surface area contributed by atoms with Gasteiger partial charge in [0.25, 0.3) is 5.91 Å². The van der Waals surface area contributed by atoms with E-state index in [0.29, 0.717) is 36.7 Å². The summed E-state index contributed by atoms with van der Waals surface area (Å²) in [7, 11) is -3.27. The van der Waals surface area contributed by atoms with Gasteiger partial charge in [-0.05, 0) is 86.4 Å². The lowest BCUT2D eigenvalue weighted by molar-refractivity contribution is 0.0687. The molecule has 2 aliphatic heterocycles. The smallest absolute Gasteiger partial charge is 0.253 e. The van der Waals surface area contributed by atoms with Crippen LogP contribution in [0.3, 0.4) is 0 Å². The van der Waals surface area contributed by atoms with Gasteiger partial charge in [0.2, 0.25) is 10.0 Å². The molecule has 172 valence electrons. The second kappa shape index (κ2) is 9.53. The Balaban J connectivity index is 1.29. The number of piperidine rings is 1. The molecule has 0 aliphatic carbocycles. The fourth-order valence-electron chi connectivity index (χ4n) is 4.75. The summed E-state index contributed by atoms with van der Waals surface area (Å²) in [5.74, 6) is 1.60. The standard InChI is InChI=1S/C25H32N2O4S/c1-3-31-23-9-6-19(7-10-23)4-5-20-12-15-26(16-13-20)25(28)22-8-11-24-21(18-22)14-17-27(24)32(2,29)30/h6-11,18,20H,3-5,12-17H2,1-2H3. The highest BCUT2D eigenvalue weighted by atomic mass is 32.2. The van der Waals surface area contributed by atoms with Crippen molar-refractivity contribution in [3.05, 3.63) is 59.2 Å². The van der Waals surface area contributed by atoms with E-state index in [0.717, 1.165) is 50.1 Å². The van der Waals surface area contributed by atoms with Crippen LogP contribution in [0.25, 0.3) is 0 Å². The number of nitrogens with zero attached hydrogens (tertiary/aromatic N) is 2. The summed E-state index contributed by atoms with van der Waals surface area (Å²) in [6, 6.07) is 13.8. The zero-order valence-electron chi connectivity index (χ0n) is 18.9. The van der Waals surface area contributed by atoms with Crippen LogP contribution in [0, 0.1) is 5.92 Å². The molecule has 7 heteroatoms. The number of benzene rings is 2. The Kier molecular flexibility index (Phi) is 6.74. The number of amides is 1. The highest BCUT2D eigenvalue weighted by Gasteiger charge is 2.28. The van der Waals surface area contributed by atoms with Crippen LogP contribution in [0.1, 0.15) is 47.7 Å². The van der Waals surface area contributed by atoms with Crippen LogP contribution in [-0.2, 0) is 22.9 Å². The van der Waals surface area contributed by atoms with Crippen LogP contribution in [0.4, 0.5) is 5.69 Å². The summed E-state index contributed by atoms with van der Waals surface area (Å²) in [6.07, 6.45) is 6.10. The SMILES string of the molecule is CCOc1ccc(CCC2CCN(C(=O)c3ccc4c(c3)CCN4S(C)(=O)=O)CC2)cc1. The molecule has 0 N–H and O–H groups in total. The quantitative estimate of drug-likeness (QED) is 0.634. The van der Waals surface area contributed by atoms with Gasteiger partial charge in [-0.2, -0.15) is 0 Å². The third-order valence-electron chi connectivity index (χ3n) is 6.56. The number of hydrogen-bond donors (Lipinski definition) is 0. The molecule has 0 atom stereocenters. The molecule has 0 spiro atoms. The van der Waals surface area contributed by atoms with E-state index in [4.69, 9.17) is 4.74 Å². The maximum absolute atomic E-state index is 13.0. The second-order valence-corrected chi connectivity index (χ2v) is 10.7. The first-order chi connectivity index (χ1) is 15.3. The molecular weight excluding hydrogens is 424 g/mol. The van der Waals surface area contributed by atoms with Crippen molar-refractivity contribution in [2.75, 3.05) is 36.8 Å². The third kappa shape index (κ3) is 5.09. The summed E-state index contributed by atoms with van der Waals surface area (Å²) in [5, 5.41) is 0. The fourth-order valence-corrected chi connectivity index (χ4v) is 5.70. The van der Waals surface area contributed by atoms with Gasteiger partial charge in [-0.3, -0.25) is 9.10 Å². The molecule has 2 aromatic rings. The normalized spacial score (nSPS) is 16.8. The Morgan fingerprint density at radius 2 is 1.78 bits per heavy atom. The molecule has 0 unspecified atom stereocenters. The highest BCUT2D eigenvalue weighted by molar-refractivity contribution is 7.92. The van der Waals surface area contributed by atoms with Crippen LogP contribution in [0.5, 0.6) is 5.75 Å². The fraction of sp³-hybridized carbons (Fsp3) is 0.480. The average Bonchev–Trinajstić information content (AvgIpc) is 3.23. The number of aryl methyl sites for hydroxylation is 1. The molecule has 1 amide bonds. The van der Waals surface area contributed by atoms with E-state index < -0.39 is 10.0 Å². The number of hydrogen-bond acceptors (Lipinski definition) is 4. The lowest BCUT2D eigenvalue weighted by atomic mass is 9.90. The van der Waals surface area contributed by atoms with E-state index in [1.165, 1.54) is 16.1 Å². The molecule has 2 aromatic carbocycles. The topological polar surface area (TPSA) is 66.9 Å². The molecule has 0 bridgehead atoms. The molecule has 0 saturated carbocycles. The summed E-state index contributed by atoms with van der Waals surface area (Å²) in [4.78, 5) is 15.0. The first kappa shape index (κ1) is 22.6. The first-order valence-electron chi connectivity index (χ1n) is 11.5. The molecule has 6 nitrogen and oxygen atoms in total. The number of fused-ring (bicyclic) bond motifs is 1. The predicted octanol–water partition coefficient (Wildman–Crippen LogP) is 3.89. The van der Waals surface area contributed by atoms with Crippen molar-refractivity contribution >= 4 is 21.6 Å². The Morgan fingerprint density at radius 3 is 2.44 bits per heavy atom. The summed E-state index contributed by atoms with van der Waals surface area (Å²) in [6.45, 7) is 4.67. The molecule has 2 heterocycles. The summed E-state index contributed by atoms with van der Waals surface area (Å²) < 4.78 is 30.8. The van der Waals surface area contributed by atoms with Crippen LogP contribution in [-0.4, -0.2) is 51.7 Å². The second-order valence-electron chi connectivity index (χ2n) is 8.78. The summed E-state index contributed by atoms with van der Waals surface area (Å²) >= 11 is 0. The minimum absolute atomic E-state index is 0.0515. The van der Waals surface area contributed by atoms with Crippen molar-refractivity contribution in [2.24, 2.45) is 5.92 Å². The lowest BCUT2D eigenvalue weighted by Gasteiger charge is -2.32. The average molecular weight is 457 g/mol. The maximum Gasteiger partial charge on any atom is 0.253 e. The van der Waals surface area contributed by atoms with Gasteiger partial charge < -0.3 is 9.64 Å². The summed E-state index contributed by atoms with van der Waals surface area (Å²) in [5.41, 5.74) is 3.63. The van der Waals surface area contributed by atoms with Crippen molar-refractivity contribution < 1.29 is 17.9 Å². The monoisotopic (exact) mass is 456 g/mol. The van der Waals surface area contributed by atoms with Gasteiger partial charge in [0.1, 0.15) is 5.75 Å². The van der Waals surface area contributed by atoms with Crippen LogP contribution in [0.2, 0.25) is 0 Å².